The highest BCUT2D eigenvalue weighted by atomic mass is 32.2. The Bertz CT molecular complexity index is 924. The lowest BCUT2D eigenvalue weighted by molar-refractivity contribution is -0.122. The Kier molecular flexibility index (Phi) is 5.81. The summed E-state index contributed by atoms with van der Waals surface area (Å²) in [6.07, 6.45) is 1.78. The SMILES string of the molecule is CCOc1cc(/C=C2\S/C(=N/c3cccc(C)n3)N(CC)C2=O)ccc1O. The van der Waals surface area contributed by atoms with E-state index in [2.05, 4.69) is 9.98 Å². The molecule has 2 heterocycles. The lowest BCUT2D eigenvalue weighted by Gasteiger charge is -2.11. The topological polar surface area (TPSA) is 75.0 Å². The van der Waals surface area contributed by atoms with Gasteiger partial charge in [-0.2, -0.15) is 0 Å². The molecule has 1 aliphatic rings. The summed E-state index contributed by atoms with van der Waals surface area (Å²) in [6.45, 7) is 6.63. The van der Waals surface area contributed by atoms with Crippen molar-refractivity contribution in [2.75, 3.05) is 13.2 Å². The van der Waals surface area contributed by atoms with Crippen molar-refractivity contribution in [3.8, 4) is 11.5 Å². The fraction of sp³-hybridized carbons (Fsp3) is 0.250. The summed E-state index contributed by atoms with van der Waals surface area (Å²) >= 11 is 1.31. The van der Waals surface area contributed by atoms with Crippen LogP contribution in [0.4, 0.5) is 5.82 Å². The second-order valence-electron chi connectivity index (χ2n) is 5.85. The molecule has 6 nitrogen and oxygen atoms in total. The molecule has 0 unspecified atom stereocenters. The van der Waals surface area contributed by atoms with E-state index in [1.807, 2.05) is 39.0 Å². The van der Waals surface area contributed by atoms with Crippen molar-refractivity contribution in [1.82, 2.24) is 9.88 Å². The molecule has 7 heteroatoms. The van der Waals surface area contributed by atoms with Crippen LogP contribution in [0.1, 0.15) is 25.1 Å². The minimum atomic E-state index is -0.0973. The number of aryl methyl sites for hydroxylation is 1. The van der Waals surface area contributed by atoms with Gasteiger partial charge >= 0.3 is 0 Å². The Balaban J connectivity index is 1.92. The molecule has 0 bridgehead atoms. The number of aliphatic imine (C=N–C) groups is 1. The van der Waals surface area contributed by atoms with Gasteiger partial charge in [-0.3, -0.25) is 9.69 Å². The van der Waals surface area contributed by atoms with E-state index in [9.17, 15) is 9.90 Å². The number of aromatic hydroxyl groups is 1. The second-order valence-corrected chi connectivity index (χ2v) is 6.86. The van der Waals surface area contributed by atoms with Crippen molar-refractivity contribution in [2.24, 2.45) is 4.99 Å². The molecule has 0 atom stereocenters. The van der Waals surface area contributed by atoms with E-state index in [0.29, 0.717) is 34.8 Å². The molecule has 0 aliphatic carbocycles. The number of carbonyl (C=O) groups excluding carboxylic acids is 1. The van der Waals surface area contributed by atoms with Gasteiger partial charge in [0.25, 0.3) is 5.91 Å². The first kappa shape index (κ1) is 19.0. The first-order valence-electron chi connectivity index (χ1n) is 8.71. The Labute approximate surface area is 162 Å². The van der Waals surface area contributed by atoms with Crippen LogP contribution in [-0.4, -0.2) is 39.2 Å². The van der Waals surface area contributed by atoms with Crippen LogP contribution in [0.25, 0.3) is 6.08 Å². The third-order valence-corrected chi connectivity index (χ3v) is 4.88. The van der Waals surface area contributed by atoms with E-state index in [4.69, 9.17) is 4.74 Å². The summed E-state index contributed by atoms with van der Waals surface area (Å²) in [6, 6.07) is 10.6. The number of benzene rings is 1. The quantitative estimate of drug-likeness (QED) is 0.786. The van der Waals surface area contributed by atoms with Crippen molar-refractivity contribution < 1.29 is 14.6 Å². The molecule has 0 saturated carbocycles. The molecule has 2 aromatic rings. The summed E-state index contributed by atoms with van der Waals surface area (Å²) in [5.41, 5.74) is 1.65. The lowest BCUT2D eigenvalue weighted by Crippen LogP contribution is -2.28. The number of thioether (sulfide) groups is 1. The molecule has 27 heavy (non-hydrogen) atoms. The molecular weight excluding hydrogens is 362 g/mol. The van der Waals surface area contributed by atoms with Crippen LogP contribution in [0.3, 0.4) is 0 Å². The zero-order chi connectivity index (χ0) is 19.4. The average molecular weight is 383 g/mol. The number of pyridine rings is 1. The summed E-state index contributed by atoms with van der Waals surface area (Å²) in [5.74, 6) is 0.952. The van der Waals surface area contributed by atoms with Crippen LogP contribution >= 0.6 is 11.8 Å². The summed E-state index contributed by atoms with van der Waals surface area (Å²) in [5, 5.41) is 10.4. The van der Waals surface area contributed by atoms with Gasteiger partial charge in [-0.25, -0.2) is 9.98 Å². The van der Waals surface area contributed by atoms with Gasteiger partial charge in [0, 0.05) is 12.2 Å². The number of ether oxygens (including phenoxy) is 1. The highest BCUT2D eigenvalue weighted by Crippen LogP contribution is 2.35. The number of nitrogens with zero attached hydrogens (tertiary/aromatic N) is 3. The van der Waals surface area contributed by atoms with Crippen molar-refractivity contribution in [3.05, 3.63) is 52.6 Å². The number of phenols is 1. The largest absolute Gasteiger partial charge is 0.504 e. The van der Waals surface area contributed by atoms with Gasteiger partial charge in [0.2, 0.25) is 0 Å². The molecular formula is C20H21N3O3S. The molecule has 1 aromatic carbocycles. The molecule has 1 N–H and O–H groups in total. The van der Waals surface area contributed by atoms with E-state index in [-0.39, 0.29) is 11.7 Å². The first-order chi connectivity index (χ1) is 13.0. The van der Waals surface area contributed by atoms with Crippen LogP contribution in [0, 0.1) is 6.92 Å². The third-order valence-electron chi connectivity index (χ3n) is 3.87. The fourth-order valence-electron chi connectivity index (χ4n) is 2.60. The number of likely N-dealkylation sites (N-methyl/N-ethyl adjacent to an activating group) is 1. The predicted octanol–water partition coefficient (Wildman–Crippen LogP) is 4.12. The van der Waals surface area contributed by atoms with Gasteiger partial charge in [0.15, 0.2) is 22.5 Å². The molecule has 3 rings (SSSR count). The zero-order valence-corrected chi connectivity index (χ0v) is 16.3. The van der Waals surface area contributed by atoms with E-state index in [0.717, 1.165) is 11.3 Å². The molecule has 1 aliphatic heterocycles. The van der Waals surface area contributed by atoms with Crippen LogP contribution in [0.15, 0.2) is 46.3 Å². The maximum Gasteiger partial charge on any atom is 0.266 e. The molecule has 1 fully saturated rings. The van der Waals surface area contributed by atoms with Crippen LogP contribution < -0.4 is 4.74 Å². The third kappa shape index (κ3) is 4.31. The number of phenolic OH excluding ortho intramolecular Hbond substituents is 1. The monoisotopic (exact) mass is 383 g/mol. The smallest absolute Gasteiger partial charge is 0.266 e. The van der Waals surface area contributed by atoms with Crippen molar-refractivity contribution in [1.29, 1.82) is 0 Å². The number of aromatic nitrogens is 1. The fourth-order valence-corrected chi connectivity index (χ4v) is 3.65. The lowest BCUT2D eigenvalue weighted by atomic mass is 10.2. The molecule has 0 spiro atoms. The predicted molar refractivity (Wildman–Crippen MR) is 108 cm³/mol. The van der Waals surface area contributed by atoms with Gasteiger partial charge in [-0.15, -0.1) is 0 Å². The summed E-state index contributed by atoms with van der Waals surface area (Å²) < 4.78 is 5.41. The molecule has 140 valence electrons. The Morgan fingerprint density at radius 2 is 2.11 bits per heavy atom. The van der Waals surface area contributed by atoms with Crippen LogP contribution in [0.2, 0.25) is 0 Å². The zero-order valence-electron chi connectivity index (χ0n) is 15.5. The maximum absolute atomic E-state index is 12.7. The molecule has 0 radical (unpaired) electrons. The highest BCUT2D eigenvalue weighted by Gasteiger charge is 2.32. The number of hydrogen-bond acceptors (Lipinski definition) is 6. The van der Waals surface area contributed by atoms with E-state index < -0.39 is 0 Å². The van der Waals surface area contributed by atoms with Gasteiger partial charge in [-0.05, 0) is 68.4 Å². The van der Waals surface area contributed by atoms with Gasteiger partial charge in [-0.1, -0.05) is 12.1 Å². The number of amides is 1. The first-order valence-corrected chi connectivity index (χ1v) is 9.53. The van der Waals surface area contributed by atoms with Crippen molar-refractivity contribution >= 4 is 34.7 Å². The highest BCUT2D eigenvalue weighted by molar-refractivity contribution is 8.18. The van der Waals surface area contributed by atoms with Crippen molar-refractivity contribution in [2.45, 2.75) is 20.8 Å². The Hall–Kier alpha value is -2.80. The van der Waals surface area contributed by atoms with E-state index in [1.54, 1.807) is 29.2 Å². The number of carbonyl (C=O) groups is 1. The molecule has 1 aromatic heterocycles. The van der Waals surface area contributed by atoms with Crippen molar-refractivity contribution in [3.63, 3.8) is 0 Å². The Morgan fingerprint density at radius 1 is 1.30 bits per heavy atom. The van der Waals surface area contributed by atoms with Gasteiger partial charge in [0.05, 0.1) is 11.5 Å². The minimum absolute atomic E-state index is 0.0763. The van der Waals surface area contributed by atoms with Gasteiger partial charge < -0.3 is 9.84 Å². The minimum Gasteiger partial charge on any atom is -0.504 e. The number of hydrogen-bond donors (Lipinski definition) is 1. The summed E-state index contributed by atoms with van der Waals surface area (Å²) in [7, 11) is 0. The second kappa shape index (κ2) is 8.26. The summed E-state index contributed by atoms with van der Waals surface area (Å²) in [4.78, 5) is 23.9. The van der Waals surface area contributed by atoms with Gasteiger partial charge in [0.1, 0.15) is 0 Å². The van der Waals surface area contributed by atoms with E-state index in [1.165, 1.54) is 11.8 Å². The molecule has 1 saturated heterocycles. The average Bonchev–Trinajstić information content (AvgIpc) is 2.92. The molecule has 1 amide bonds. The number of amidine groups is 1. The Morgan fingerprint density at radius 3 is 2.81 bits per heavy atom. The van der Waals surface area contributed by atoms with Crippen LogP contribution in [0.5, 0.6) is 11.5 Å². The number of rotatable bonds is 5. The van der Waals surface area contributed by atoms with Crippen LogP contribution in [-0.2, 0) is 4.79 Å². The normalized spacial score (nSPS) is 17.1. The maximum atomic E-state index is 12.7. The standard InChI is InChI=1S/C20H21N3O3S/c1-4-23-19(25)17(12-14-9-10-15(24)16(11-14)26-5-2)27-20(23)22-18-8-6-7-13(3)21-18/h6-12,24H,4-5H2,1-3H3/b17-12-,22-20+. The van der Waals surface area contributed by atoms with E-state index >= 15 is 0 Å².